The molecule has 0 bridgehead atoms. The molecular formula is C16H33NO. The quantitative estimate of drug-likeness (QED) is 0.665. The van der Waals surface area contributed by atoms with E-state index < -0.39 is 0 Å². The Morgan fingerprint density at radius 1 is 0.833 bits per heavy atom. The van der Waals surface area contributed by atoms with Crippen LogP contribution in [0, 0.1) is 10.8 Å². The first-order chi connectivity index (χ1) is 8.10. The summed E-state index contributed by atoms with van der Waals surface area (Å²) in [6.07, 6.45) is 6.71. The third-order valence-corrected chi connectivity index (χ3v) is 2.90. The number of nitrogens with one attached hydrogen (secondary N) is 1. The van der Waals surface area contributed by atoms with E-state index in [1.807, 2.05) is 0 Å². The molecule has 0 radical (unpaired) electrons. The molecule has 2 nitrogen and oxygen atoms in total. The Kier molecular flexibility index (Phi) is 7.58. The fourth-order valence-electron chi connectivity index (χ4n) is 1.75. The maximum atomic E-state index is 11.6. The highest BCUT2D eigenvalue weighted by Gasteiger charge is 2.12. The summed E-state index contributed by atoms with van der Waals surface area (Å²) in [6.45, 7) is 14.0. The Hall–Kier alpha value is -0.530. The van der Waals surface area contributed by atoms with Crippen molar-refractivity contribution in [3.05, 3.63) is 0 Å². The van der Waals surface area contributed by atoms with Gasteiger partial charge in [0, 0.05) is 13.0 Å². The second kappa shape index (κ2) is 7.81. The van der Waals surface area contributed by atoms with Gasteiger partial charge in [-0.05, 0) is 23.7 Å². The number of rotatable bonds is 7. The lowest BCUT2D eigenvalue weighted by atomic mass is 9.89. The van der Waals surface area contributed by atoms with E-state index >= 15 is 0 Å². The first kappa shape index (κ1) is 17.5. The minimum atomic E-state index is 0.183. The molecule has 0 aromatic carbocycles. The van der Waals surface area contributed by atoms with Crippen LogP contribution in [0.15, 0.2) is 0 Å². The Balaban J connectivity index is 3.42. The van der Waals surface area contributed by atoms with E-state index in [9.17, 15) is 4.79 Å². The number of unbranched alkanes of at least 4 members (excludes halogenated alkanes) is 3. The maximum absolute atomic E-state index is 11.6. The second-order valence-electron chi connectivity index (χ2n) is 7.81. The Labute approximate surface area is 114 Å². The summed E-state index contributed by atoms with van der Waals surface area (Å²) in [5.41, 5.74) is 0.631. The third-order valence-electron chi connectivity index (χ3n) is 2.90. The van der Waals surface area contributed by atoms with Gasteiger partial charge in [-0.15, -0.1) is 0 Å². The number of carbonyl (C=O) groups is 1. The Bertz CT molecular complexity index is 232. The van der Waals surface area contributed by atoms with Crippen molar-refractivity contribution in [3.8, 4) is 0 Å². The van der Waals surface area contributed by atoms with Crippen molar-refractivity contribution in [1.82, 2.24) is 5.32 Å². The van der Waals surface area contributed by atoms with Crippen molar-refractivity contribution in [1.29, 1.82) is 0 Å². The molecule has 0 heterocycles. The van der Waals surface area contributed by atoms with Crippen molar-refractivity contribution in [2.45, 2.75) is 80.1 Å². The summed E-state index contributed by atoms with van der Waals surface area (Å²) >= 11 is 0. The fourth-order valence-corrected chi connectivity index (χ4v) is 1.75. The van der Waals surface area contributed by atoms with E-state index in [4.69, 9.17) is 0 Å². The van der Waals surface area contributed by atoms with E-state index in [1.54, 1.807) is 0 Å². The van der Waals surface area contributed by atoms with Gasteiger partial charge in [-0.25, -0.2) is 0 Å². The smallest absolute Gasteiger partial charge is 0.220 e. The minimum absolute atomic E-state index is 0.183. The normalized spacial score (nSPS) is 12.6. The monoisotopic (exact) mass is 255 g/mol. The lowest BCUT2D eigenvalue weighted by molar-refractivity contribution is -0.121. The van der Waals surface area contributed by atoms with Gasteiger partial charge in [-0.3, -0.25) is 4.79 Å². The van der Waals surface area contributed by atoms with Crippen molar-refractivity contribution >= 4 is 5.91 Å². The molecule has 1 amide bonds. The zero-order valence-electron chi connectivity index (χ0n) is 13.4. The van der Waals surface area contributed by atoms with E-state index in [0.29, 0.717) is 11.8 Å². The fraction of sp³-hybridized carbons (Fsp3) is 0.938. The molecule has 0 atom stereocenters. The first-order valence-electron chi connectivity index (χ1n) is 7.37. The molecule has 0 rings (SSSR count). The summed E-state index contributed by atoms with van der Waals surface area (Å²) in [7, 11) is 0. The van der Waals surface area contributed by atoms with Gasteiger partial charge >= 0.3 is 0 Å². The van der Waals surface area contributed by atoms with Crippen LogP contribution >= 0.6 is 0 Å². The molecule has 18 heavy (non-hydrogen) atoms. The molecule has 0 saturated heterocycles. The van der Waals surface area contributed by atoms with E-state index in [1.165, 1.54) is 25.7 Å². The number of carbonyl (C=O) groups excluding carboxylic acids is 1. The van der Waals surface area contributed by atoms with Crippen LogP contribution in [0.4, 0.5) is 0 Å². The molecule has 0 aromatic heterocycles. The van der Waals surface area contributed by atoms with E-state index in [2.05, 4.69) is 46.9 Å². The average molecular weight is 255 g/mol. The second-order valence-corrected chi connectivity index (χ2v) is 7.81. The molecular weight excluding hydrogens is 222 g/mol. The maximum Gasteiger partial charge on any atom is 0.220 e. The van der Waals surface area contributed by atoms with Crippen LogP contribution < -0.4 is 5.32 Å². The highest BCUT2D eigenvalue weighted by Crippen LogP contribution is 2.22. The average Bonchev–Trinajstić information content (AvgIpc) is 2.17. The van der Waals surface area contributed by atoms with Crippen LogP contribution in [0.25, 0.3) is 0 Å². The summed E-state index contributed by atoms with van der Waals surface area (Å²) in [5.74, 6) is 0.209. The standard InChI is InChI=1S/C16H33NO/c1-15(2,3)12-10-8-7-9-11-14(18)17-13-16(4,5)6/h7-13H2,1-6H3,(H,17,18). The highest BCUT2D eigenvalue weighted by molar-refractivity contribution is 5.75. The van der Waals surface area contributed by atoms with Crippen LogP contribution in [0.2, 0.25) is 0 Å². The molecule has 0 spiro atoms. The van der Waals surface area contributed by atoms with Gasteiger partial charge in [-0.1, -0.05) is 60.8 Å². The molecule has 108 valence electrons. The zero-order chi connectivity index (χ0) is 14.2. The van der Waals surface area contributed by atoms with Crippen LogP contribution in [-0.4, -0.2) is 12.5 Å². The summed E-state index contributed by atoms with van der Waals surface area (Å²) in [6, 6.07) is 0. The van der Waals surface area contributed by atoms with Gasteiger partial charge in [0.05, 0.1) is 0 Å². The van der Waals surface area contributed by atoms with E-state index in [-0.39, 0.29) is 11.3 Å². The summed E-state index contributed by atoms with van der Waals surface area (Å²) in [4.78, 5) is 11.6. The van der Waals surface area contributed by atoms with Gasteiger partial charge < -0.3 is 5.32 Å². The largest absolute Gasteiger partial charge is 0.356 e. The predicted molar refractivity (Wildman–Crippen MR) is 79.6 cm³/mol. The SMILES string of the molecule is CC(C)(C)CCCCCCC(=O)NCC(C)(C)C. The Morgan fingerprint density at radius 3 is 1.89 bits per heavy atom. The number of hydrogen-bond acceptors (Lipinski definition) is 1. The highest BCUT2D eigenvalue weighted by atomic mass is 16.1. The van der Waals surface area contributed by atoms with Crippen molar-refractivity contribution in [3.63, 3.8) is 0 Å². The van der Waals surface area contributed by atoms with E-state index in [0.717, 1.165) is 13.0 Å². The van der Waals surface area contributed by atoms with Crippen LogP contribution in [-0.2, 0) is 4.79 Å². The first-order valence-corrected chi connectivity index (χ1v) is 7.37. The van der Waals surface area contributed by atoms with Crippen LogP contribution in [0.3, 0.4) is 0 Å². The molecule has 0 aliphatic rings. The van der Waals surface area contributed by atoms with Crippen molar-refractivity contribution in [2.24, 2.45) is 10.8 Å². The zero-order valence-corrected chi connectivity index (χ0v) is 13.4. The van der Waals surface area contributed by atoms with Crippen LogP contribution in [0.5, 0.6) is 0 Å². The Morgan fingerprint density at radius 2 is 1.39 bits per heavy atom. The molecule has 0 unspecified atom stereocenters. The molecule has 0 aliphatic carbocycles. The van der Waals surface area contributed by atoms with Gasteiger partial charge in [0.15, 0.2) is 0 Å². The van der Waals surface area contributed by atoms with Gasteiger partial charge in [0.1, 0.15) is 0 Å². The van der Waals surface area contributed by atoms with Gasteiger partial charge in [0.2, 0.25) is 5.91 Å². The molecule has 2 heteroatoms. The van der Waals surface area contributed by atoms with Crippen molar-refractivity contribution in [2.75, 3.05) is 6.54 Å². The number of hydrogen-bond donors (Lipinski definition) is 1. The molecule has 0 aliphatic heterocycles. The summed E-state index contributed by atoms with van der Waals surface area (Å²) in [5, 5.41) is 3.00. The third kappa shape index (κ3) is 13.5. The van der Waals surface area contributed by atoms with Gasteiger partial charge in [-0.2, -0.15) is 0 Å². The molecule has 0 fully saturated rings. The topological polar surface area (TPSA) is 29.1 Å². The summed E-state index contributed by atoms with van der Waals surface area (Å²) < 4.78 is 0. The lowest BCUT2D eigenvalue weighted by Crippen LogP contribution is -2.31. The number of amides is 1. The minimum Gasteiger partial charge on any atom is -0.356 e. The lowest BCUT2D eigenvalue weighted by Gasteiger charge is -2.18. The van der Waals surface area contributed by atoms with Crippen LogP contribution in [0.1, 0.15) is 80.1 Å². The van der Waals surface area contributed by atoms with Gasteiger partial charge in [0.25, 0.3) is 0 Å². The predicted octanol–water partition coefficient (Wildman–Crippen LogP) is 4.54. The molecule has 0 saturated carbocycles. The molecule has 1 N–H and O–H groups in total. The molecule has 0 aromatic rings. The van der Waals surface area contributed by atoms with Crippen molar-refractivity contribution < 1.29 is 4.79 Å².